The number of hydrogen-bond donors (Lipinski definition) is 1. The quantitative estimate of drug-likeness (QED) is 0.164. The van der Waals surface area contributed by atoms with E-state index in [1.807, 2.05) is 30.3 Å². The lowest BCUT2D eigenvalue weighted by Crippen LogP contribution is -2.16. The lowest BCUT2D eigenvalue weighted by molar-refractivity contribution is 0.0927. The van der Waals surface area contributed by atoms with Crippen LogP contribution in [0.1, 0.15) is 21.7 Å². The molecule has 30 heavy (non-hydrogen) atoms. The monoisotopic (exact) mass is 622 g/mol. The second-order valence-electron chi connectivity index (χ2n) is 6.42. The number of hydrogen-bond acceptors (Lipinski definition) is 4. The molecule has 0 atom stereocenters. The molecular weight excluding hydrogens is 606 g/mol. The lowest BCUT2D eigenvalue weighted by Gasteiger charge is -2.13. The lowest BCUT2D eigenvalue weighted by atomic mass is 10.1. The van der Waals surface area contributed by atoms with Crippen molar-refractivity contribution in [2.45, 2.75) is 6.61 Å². The summed E-state index contributed by atoms with van der Waals surface area (Å²) in [5.74, 6) is 0.657. The van der Waals surface area contributed by atoms with E-state index in [-0.39, 0.29) is 5.76 Å². The zero-order valence-electron chi connectivity index (χ0n) is 15.6. The highest BCUT2D eigenvalue weighted by Crippen LogP contribution is 2.30. The molecule has 4 rings (SSSR count). The third-order valence-electron chi connectivity index (χ3n) is 4.40. The van der Waals surface area contributed by atoms with Gasteiger partial charge in [-0.3, -0.25) is 4.79 Å². The molecular formula is C23H16I2N2O3. The summed E-state index contributed by atoms with van der Waals surface area (Å²) in [5.41, 5.74) is 4.46. The molecule has 0 saturated heterocycles. The number of halogens is 2. The van der Waals surface area contributed by atoms with Gasteiger partial charge in [-0.1, -0.05) is 42.5 Å². The van der Waals surface area contributed by atoms with Crippen molar-refractivity contribution in [3.63, 3.8) is 0 Å². The smallest absolute Gasteiger partial charge is 0.307 e. The van der Waals surface area contributed by atoms with E-state index in [1.54, 1.807) is 18.3 Å². The van der Waals surface area contributed by atoms with Crippen molar-refractivity contribution in [3.8, 4) is 5.75 Å². The van der Waals surface area contributed by atoms with Crippen molar-refractivity contribution in [3.05, 3.63) is 97.0 Å². The van der Waals surface area contributed by atoms with Crippen LogP contribution in [0.2, 0.25) is 0 Å². The molecule has 7 heteroatoms. The van der Waals surface area contributed by atoms with Crippen LogP contribution < -0.4 is 10.2 Å². The second-order valence-corrected chi connectivity index (χ2v) is 8.74. The van der Waals surface area contributed by atoms with Crippen LogP contribution in [0.5, 0.6) is 5.75 Å². The number of nitrogens with one attached hydrogen (secondary N) is 1. The predicted octanol–water partition coefficient (Wildman–Crippen LogP) is 5.98. The van der Waals surface area contributed by atoms with Gasteiger partial charge in [-0.25, -0.2) is 5.43 Å². The Morgan fingerprint density at radius 3 is 2.57 bits per heavy atom. The fourth-order valence-electron chi connectivity index (χ4n) is 2.99. The van der Waals surface area contributed by atoms with Crippen molar-refractivity contribution >= 4 is 68.1 Å². The Labute approximate surface area is 200 Å². The van der Waals surface area contributed by atoms with Gasteiger partial charge in [0.1, 0.15) is 12.4 Å². The number of fused-ring (bicyclic) bond motifs is 1. The first-order chi connectivity index (χ1) is 14.6. The van der Waals surface area contributed by atoms with Crippen LogP contribution in [0, 0.1) is 7.14 Å². The number of rotatable bonds is 6. The van der Waals surface area contributed by atoms with E-state index >= 15 is 0 Å². The molecule has 0 saturated carbocycles. The summed E-state index contributed by atoms with van der Waals surface area (Å²) in [5, 5.41) is 6.40. The Hall–Kier alpha value is -2.40. The van der Waals surface area contributed by atoms with Crippen molar-refractivity contribution in [2.24, 2.45) is 5.10 Å². The van der Waals surface area contributed by atoms with Crippen LogP contribution >= 0.6 is 45.2 Å². The van der Waals surface area contributed by atoms with Gasteiger partial charge in [0.05, 0.1) is 19.6 Å². The summed E-state index contributed by atoms with van der Waals surface area (Å²) in [6, 6.07) is 21.7. The Bertz CT molecular complexity index is 1190. The summed E-state index contributed by atoms with van der Waals surface area (Å²) < 4.78 is 13.1. The van der Waals surface area contributed by atoms with Crippen molar-refractivity contribution in [1.82, 2.24) is 5.43 Å². The van der Waals surface area contributed by atoms with Gasteiger partial charge < -0.3 is 9.15 Å². The molecule has 0 aliphatic carbocycles. The van der Waals surface area contributed by atoms with Crippen LogP contribution in [0.15, 0.2) is 82.5 Å². The van der Waals surface area contributed by atoms with E-state index in [0.29, 0.717) is 6.61 Å². The second kappa shape index (κ2) is 9.61. The fraction of sp³-hybridized carbons (Fsp3) is 0.0435. The average Bonchev–Trinajstić information content (AvgIpc) is 3.28. The number of benzene rings is 3. The Morgan fingerprint density at radius 2 is 1.80 bits per heavy atom. The SMILES string of the molecule is O=C(N/N=C\c1cc(I)c(OCc2cccc3ccccc23)c(I)c1)c1ccco1. The number of carbonyl (C=O) groups excluding carboxylic acids is 1. The molecule has 4 aromatic rings. The highest BCUT2D eigenvalue weighted by molar-refractivity contribution is 14.1. The molecule has 0 unspecified atom stereocenters. The minimum atomic E-state index is -0.393. The Kier molecular flexibility index (Phi) is 6.68. The van der Waals surface area contributed by atoms with Gasteiger partial charge in [0, 0.05) is 0 Å². The number of ether oxygens (including phenoxy) is 1. The molecule has 1 amide bonds. The normalized spacial score (nSPS) is 11.1. The maximum atomic E-state index is 11.9. The average molecular weight is 622 g/mol. The van der Waals surface area contributed by atoms with Gasteiger partial charge in [-0.15, -0.1) is 0 Å². The molecule has 1 heterocycles. The van der Waals surface area contributed by atoms with Gasteiger partial charge in [0.25, 0.3) is 0 Å². The van der Waals surface area contributed by atoms with Crippen molar-refractivity contribution in [1.29, 1.82) is 0 Å². The molecule has 1 N–H and O–H groups in total. The Morgan fingerprint density at radius 1 is 1.03 bits per heavy atom. The van der Waals surface area contributed by atoms with E-state index in [2.05, 4.69) is 80.0 Å². The van der Waals surface area contributed by atoms with Crippen LogP contribution in [-0.2, 0) is 6.61 Å². The van der Waals surface area contributed by atoms with Crippen LogP contribution in [0.3, 0.4) is 0 Å². The maximum absolute atomic E-state index is 11.9. The van der Waals surface area contributed by atoms with Crippen molar-refractivity contribution < 1.29 is 13.9 Å². The molecule has 5 nitrogen and oxygen atoms in total. The fourth-order valence-corrected chi connectivity index (χ4v) is 5.12. The molecule has 0 spiro atoms. The van der Waals surface area contributed by atoms with Gasteiger partial charge in [0.2, 0.25) is 0 Å². The van der Waals surface area contributed by atoms with Gasteiger partial charge in [-0.05, 0) is 91.3 Å². The molecule has 0 radical (unpaired) electrons. The summed E-state index contributed by atoms with van der Waals surface area (Å²) in [4.78, 5) is 11.9. The molecule has 150 valence electrons. The van der Waals surface area contributed by atoms with Crippen LogP contribution in [0.4, 0.5) is 0 Å². The van der Waals surface area contributed by atoms with Crippen LogP contribution in [-0.4, -0.2) is 12.1 Å². The van der Waals surface area contributed by atoms with Gasteiger partial charge in [0.15, 0.2) is 5.76 Å². The molecule has 0 fully saturated rings. The standard InChI is InChI=1S/C23H16I2N2O3/c24-19-11-15(13-26-27-23(28)21-9-4-10-29-21)12-20(25)22(19)30-14-17-7-3-6-16-5-1-2-8-18(16)17/h1-13H,14H2,(H,27,28)/b26-13-. The molecule has 0 aliphatic rings. The first-order valence-electron chi connectivity index (χ1n) is 9.07. The molecule has 0 aliphatic heterocycles. The minimum absolute atomic E-state index is 0.216. The predicted molar refractivity (Wildman–Crippen MR) is 134 cm³/mol. The summed E-state index contributed by atoms with van der Waals surface area (Å²) in [6.45, 7) is 0.486. The van der Waals surface area contributed by atoms with E-state index in [9.17, 15) is 4.79 Å². The molecule has 1 aromatic heterocycles. The zero-order chi connectivity index (χ0) is 20.9. The minimum Gasteiger partial charge on any atom is -0.487 e. The first kappa shape index (κ1) is 20.9. The van der Waals surface area contributed by atoms with E-state index in [1.165, 1.54) is 17.0 Å². The third kappa shape index (κ3) is 4.84. The summed E-state index contributed by atoms with van der Waals surface area (Å²) in [7, 11) is 0. The number of nitrogens with zero attached hydrogens (tertiary/aromatic N) is 1. The highest BCUT2D eigenvalue weighted by Gasteiger charge is 2.10. The van der Waals surface area contributed by atoms with Crippen LogP contribution in [0.25, 0.3) is 10.8 Å². The topological polar surface area (TPSA) is 63.8 Å². The van der Waals surface area contributed by atoms with E-state index in [0.717, 1.165) is 24.0 Å². The highest BCUT2D eigenvalue weighted by atomic mass is 127. The van der Waals surface area contributed by atoms with E-state index in [4.69, 9.17) is 9.15 Å². The van der Waals surface area contributed by atoms with Gasteiger partial charge in [-0.2, -0.15) is 5.10 Å². The number of hydrazone groups is 1. The maximum Gasteiger partial charge on any atom is 0.307 e. The summed E-state index contributed by atoms with van der Waals surface area (Å²) in [6.07, 6.45) is 3.04. The Balaban J connectivity index is 1.46. The summed E-state index contributed by atoms with van der Waals surface area (Å²) >= 11 is 4.50. The number of furan rings is 1. The largest absolute Gasteiger partial charge is 0.487 e. The molecule has 3 aromatic carbocycles. The van der Waals surface area contributed by atoms with Gasteiger partial charge >= 0.3 is 5.91 Å². The van der Waals surface area contributed by atoms with E-state index < -0.39 is 5.91 Å². The number of amides is 1. The zero-order valence-corrected chi connectivity index (χ0v) is 20.0. The van der Waals surface area contributed by atoms with Crippen molar-refractivity contribution in [2.75, 3.05) is 0 Å². The molecule has 0 bridgehead atoms. The first-order valence-corrected chi connectivity index (χ1v) is 11.2. The number of carbonyl (C=O) groups is 1. The third-order valence-corrected chi connectivity index (χ3v) is 6.00.